The van der Waals surface area contributed by atoms with Gasteiger partial charge in [0.15, 0.2) is 0 Å². The van der Waals surface area contributed by atoms with Crippen LogP contribution in [0, 0.1) is 12.8 Å². The molecule has 0 radical (unpaired) electrons. The van der Waals surface area contributed by atoms with Gasteiger partial charge in [-0.05, 0) is 30.5 Å². The lowest BCUT2D eigenvalue weighted by atomic mass is 10.0. The van der Waals surface area contributed by atoms with Crippen LogP contribution in [0.5, 0.6) is 5.75 Å². The van der Waals surface area contributed by atoms with E-state index in [1.54, 1.807) is 7.11 Å². The predicted molar refractivity (Wildman–Crippen MR) is 76.7 cm³/mol. The number of aryl methyl sites for hydroxylation is 1. The van der Waals surface area contributed by atoms with E-state index in [4.69, 9.17) is 4.74 Å². The van der Waals surface area contributed by atoms with Crippen LogP contribution >= 0.6 is 0 Å². The third-order valence-electron chi connectivity index (χ3n) is 2.97. The van der Waals surface area contributed by atoms with Gasteiger partial charge >= 0.3 is 0 Å². The van der Waals surface area contributed by atoms with Gasteiger partial charge in [-0.25, -0.2) is 0 Å². The maximum absolute atomic E-state index is 5.00. The lowest BCUT2D eigenvalue weighted by Gasteiger charge is -2.04. The van der Waals surface area contributed by atoms with Crippen molar-refractivity contribution in [1.29, 1.82) is 0 Å². The molecule has 1 atom stereocenters. The van der Waals surface area contributed by atoms with Crippen LogP contribution < -0.4 is 4.74 Å². The second-order valence-electron chi connectivity index (χ2n) is 4.68. The van der Waals surface area contributed by atoms with Crippen molar-refractivity contribution in [3.63, 3.8) is 0 Å². The molecule has 0 fully saturated rings. The van der Waals surface area contributed by atoms with E-state index < -0.39 is 0 Å². The predicted octanol–water partition coefficient (Wildman–Crippen LogP) is 5.23. The van der Waals surface area contributed by atoms with Gasteiger partial charge in [-0.3, -0.25) is 0 Å². The van der Waals surface area contributed by atoms with Crippen LogP contribution in [0.3, 0.4) is 0 Å². The molecule has 0 amide bonds. The van der Waals surface area contributed by atoms with Gasteiger partial charge < -0.3 is 4.74 Å². The summed E-state index contributed by atoms with van der Waals surface area (Å²) in [6, 6.07) is 7.96. The van der Waals surface area contributed by atoms with E-state index in [9.17, 15) is 0 Å². The summed E-state index contributed by atoms with van der Waals surface area (Å²) >= 11 is 0. The molecule has 0 spiro atoms. The van der Waals surface area contributed by atoms with Crippen LogP contribution in [0.2, 0.25) is 0 Å². The minimum atomic E-state index is 0.926. The Bertz CT molecular complexity index is 281. The fraction of sp³-hybridized carbons (Fsp3) is 0.625. The second kappa shape index (κ2) is 10.2. The van der Waals surface area contributed by atoms with Crippen molar-refractivity contribution in [2.45, 2.75) is 53.4 Å². The normalized spacial score (nSPS) is 11.4. The molecular formula is C16H28O. The number of rotatable bonds is 5. The Morgan fingerprint density at radius 2 is 1.94 bits per heavy atom. The quantitative estimate of drug-likeness (QED) is 0.680. The number of benzene rings is 1. The van der Waals surface area contributed by atoms with Crippen LogP contribution in [0.1, 0.15) is 52.0 Å². The summed E-state index contributed by atoms with van der Waals surface area (Å²) in [5, 5.41) is 0. The minimum Gasteiger partial charge on any atom is -0.497 e. The largest absolute Gasteiger partial charge is 0.497 e. The lowest BCUT2D eigenvalue weighted by Crippen LogP contribution is -1.89. The number of hydrogen-bond donors (Lipinski definition) is 0. The molecular weight excluding hydrogens is 208 g/mol. The molecule has 1 aromatic carbocycles. The molecule has 0 N–H and O–H groups in total. The Kier molecular flexibility index (Phi) is 9.60. The fourth-order valence-electron chi connectivity index (χ4n) is 1.50. The molecule has 0 saturated heterocycles. The van der Waals surface area contributed by atoms with E-state index in [1.807, 2.05) is 31.2 Å². The number of unbranched alkanes of at least 4 members (excludes halogenated alkanes) is 1. The summed E-state index contributed by atoms with van der Waals surface area (Å²) < 4.78 is 5.00. The minimum absolute atomic E-state index is 0.926. The zero-order valence-electron chi connectivity index (χ0n) is 12.1. The van der Waals surface area contributed by atoms with E-state index in [2.05, 4.69) is 20.8 Å². The molecule has 17 heavy (non-hydrogen) atoms. The maximum atomic E-state index is 5.00. The Morgan fingerprint density at radius 1 is 1.24 bits per heavy atom. The average Bonchev–Trinajstić information content (AvgIpc) is 2.36. The van der Waals surface area contributed by atoms with Gasteiger partial charge in [0.2, 0.25) is 0 Å². The summed E-state index contributed by atoms with van der Waals surface area (Å²) in [4.78, 5) is 0. The fourth-order valence-corrected chi connectivity index (χ4v) is 1.50. The van der Waals surface area contributed by atoms with Gasteiger partial charge in [0.05, 0.1) is 7.11 Å². The second-order valence-corrected chi connectivity index (χ2v) is 4.68. The van der Waals surface area contributed by atoms with E-state index in [0.29, 0.717) is 0 Å². The Hall–Kier alpha value is -0.980. The van der Waals surface area contributed by atoms with Crippen molar-refractivity contribution in [2.24, 2.45) is 5.92 Å². The SMILES string of the molecule is CCCCC(C)CC.COc1cccc(C)c1. The number of methoxy groups -OCH3 is 1. The van der Waals surface area contributed by atoms with Gasteiger partial charge in [0.1, 0.15) is 5.75 Å². The molecule has 0 aromatic heterocycles. The zero-order chi connectivity index (χ0) is 13.1. The van der Waals surface area contributed by atoms with Crippen LogP contribution in [0.15, 0.2) is 24.3 Å². The topological polar surface area (TPSA) is 9.23 Å². The molecule has 0 aliphatic carbocycles. The first-order valence-corrected chi connectivity index (χ1v) is 6.74. The van der Waals surface area contributed by atoms with Gasteiger partial charge in [-0.2, -0.15) is 0 Å². The molecule has 0 saturated carbocycles. The Labute approximate surface area is 107 Å². The third kappa shape index (κ3) is 8.79. The van der Waals surface area contributed by atoms with Gasteiger partial charge in [-0.1, -0.05) is 58.6 Å². The van der Waals surface area contributed by atoms with Crippen molar-refractivity contribution in [2.75, 3.05) is 7.11 Å². The van der Waals surface area contributed by atoms with Crippen molar-refractivity contribution >= 4 is 0 Å². The third-order valence-corrected chi connectivity index (χ3v) is 2.97. The first kappa shape index (κ1) is 16.0. The summed E-state index contributed by atoms with van der Waals surface area (Å²) in [6.45, 7) is 8.89. The van der Waals surface area contributed by atoms with Crippen LogP contribution in [-0.4, -0.2) is 7.11 Å². The number of ether oxygens (including phenoxy) is 1. The summed E-state index contributed by atoms with van der Waals surface area (Å²) in [6.07, 6.45) is 5.53. The van der Waals surface area contributed by atoms with Crippen molar-refractivity contribution in [3.8, 4) is 5.75 Å². The molecule has 1 aromatic rings. The zero-order valence-corrected chi connectivity index (χ0v) is 12.1. The lowest BCUT2D eigenvalue weighted by molar-refractivity contribution is 0.414. The highest BCUT2D eigenvalue weighted by atomic mass is 16.5. The smallest absolute Gasteiger partial charge is 0.119 e. The van der Waals surface area contributed by atoms with Gasteiger partial charge in [0, 0.05) is 0 Å². The molecule has 0 aliphatic rings. The summed E-state index contributed by atoms with van der Waals surface area (Å²) in [5.41, 5.74) is 1.23. The standard InChI is InChI=1S/C8H10O.C8H18/c1-7-4-3-5-8(6-7)9-2;1-4-6-7-8(3)5-2/h3-6H,1-2H3;8H,4-7H2,1-3H3. The van der Waals surface area contributed by atoms with Gasteiger partial charge in [0.25, 0.3) is 0 Å². The average molecular weight is 236 g/mol. The summed E-state index contributed by atoms with van der Waals surface area (Å²) in [5.74, 6) is 1.88. The van der Waals surface area contributed by atoms with E-state index in [-0.39, 0.29) is 0 Å². The van der Waals surface area contributed by atoms with E-state index in [0.717, 1.165) is 11.7 Å². The maximum Gasteiger partial charge on any atom is 0.119 e. The van der Waals surface area contributed by atoms with Crippen molar-refractivity contribution < 1.29 is 4.74 Å². The van der Waals surface area contributed by atoms with E-state index in [1.165, 1.54) is 31.2 Å². The number of hydrogen-bond acceptors (Lipinski definition) is 1. The molecule has 1 unspecified atom stereocenters. The van der Waals surface area contributed by atoms with Crippen molar-refractivity contribution in [3.05, 3.63) is 29.8 Å². The molecule has 1 nitrogen and oxygen atoms in total. The first-order valence-electron chi connectivity index (χ1n) is 6.74. The summed E-state index contributed by atoms with van der Waals surface area (Å²) in [7, 11) is 1.68. The highest BCUT2D eigenvalue weighted by Gasteiger charge is 1.94. The molecule has 0 heterocycles. The highest BCUT2D eigenvalue weighted by molar-refractivity contribution is 5.27. The monoisotopic (exact) mass is 236 g/mol. The van der Waals surface area contributed by atoms with Gasteiger partial charge in [-0.15, -0.1) is 0 Å². The molecule has 1 heteroatoms. The Morgan fingerprint density at radius 3 is 2.35 bits per heavy atom. The Balaban J connectivity index is 0.000000304. The highest BCUT2D eigenvalue weighted by Crippen LogP contribution is 2.10. The molecule has 0 bridgehead atoms. The molecule has 1 rings (SSSR count). The first-order chi connectivity index (χ1) is 8.13. The molecule has 0 aliphatic heterocycles. The molecule has 98 valence electrons. The van der Waals surface area contributed by atoms with Crippen molar-refractivity contribution in [1.82, 2.24) is 0 Å². The van der Waals surface area contributed by atoms with E-state index >= 15 is 0 Å². The van der Waals surface area contributed by atoms with Crippen LogP contribution in [0.25, 0.3) is 0 Å². The van der Waals surface area contributed by atoms with Crippen LogP contribution in [-0.2, 0) is 0 Å². The van der Waals surface area contributed by atoms with Crippen LogP contribution in [0.4, 0.5) is 0 Å².